The number of allylic oxidation sites excluding steroid dienone is 2. The lowest BCUT2D eigenvalue weighted by Gasteiger charge is -2.03. The van der Waals surface area contributed by atoms with Gasteiger partial charge in [-0.25, -0.2) is 0 Å². The summed E-state index contributed by atoms with van der Waals surface area (Å²) in [4.78, 5) is 10.3. The number of carboxylic acid groups (broad SMARTS) is 1. The van der Waals surface area contributed by atoms with Crippen LogP contribution in [0.5, 0.6) is 0 Å². The van der Waals surface area contributed by atoms with E-state index in [9.17, 15) is 4.79 Å². The molecule has 2 heteroatoms. The van der Waals surface area contributed by atoms with E-state index in [1.54, 1.807) is 0 Å². The van der Waals surface area contributed by atoms with Crippen LogP contribution in [-0.2, 0) is 4.79 Å². The van der Waals surface area contributed by atoms with Gasteiger partial charge in [-0.15, -0.1) is 0 Å². The highest BCUT2D eigenvalue weighted by molar-refractivity contribution is 5.66. The van der Waals surface area contributed by atoms with Gasteiger partial charge in [0, 0.05) is 6.42 Å². The molecule has 0 saturated carbocycles. The van der Waals surface area contributed by atoms with Crippen LogP contribution in [-0.4, -0.2) is 11.1 Å². The quantitative estimate of drug-likeness (QED) is 0.282. The van der Waals surface area contributed by atoms with E-state index in [-0.39, 0.29) is 0 Å². The van der Waals surface area contributed by atoms with Crippen LogP contribution in [0.2, 0.25) is 0 Å². The second-order valence-corrected chi connectivity index (χ2v) is 6.56. The van der Waals surface area contributed by atoms with Gasteiger partial charge in [0.25, 0.3) is 0 Å². The van der Waals surface area contributed by atoms with Gasteiger partial charge in [-0.1, -0.05) is 70.9 Å². The Labute approximate surface area is 132 Å². The zero-order chi connectivity index (χ0) is 15.8. The molecule has 0 aliphatic rings. The molecule has 0 fully saturated rings. The summed E-state index contributed by atoms with van der Waals surface area (Å²) < 4.78 is 0. The first-order chi connectivity index (χ1) is 10.1. The molecule has 124 valence electrons. The molecule has 0 aliphatic carbocycles. The van der Waals surface area contributed by atoms with Crippen LogP contribution >= 0.6 is 0 Å². The Morgan fingerprint density at radius 1 is 0.810 bits per heavy atom. The third-order valence-corrected chi connectivity index (χ3v) is 3.83. The van der Waals surface area contributed by atoms with Crippen molar-refractivity contribution in [2.24, 2.45) is 5.92 Å². The average Bonchev–Trinajstić information content (AvgIpc) is 2.42. The Morgan fingerprint density at radius 2 is 1.29 bits per heavy atom. The van der Waals surface area contributed by atoms with E-state index in [1.807, 2.05) is 0 Å². The number of hydrogen-bond acceptors (Lipinski definition) is 1. The molecule has 0 amide bonds. The molecule has 0 atom stereocenters. The third-order valence-electron chi connectivity index (χ3n) is 3.83. The molecule has 0 bridgehead atoms. The minimum absolute atomic E-state index is 0.330. The maximum atomic E-state index is 10.3. The van der Waals surface area contributed by atoms with E-state index < -0.39 is 5.97 Å². The second-order valence-electron chi connectivity index (χ2n) is 6.56. The fourth-order valence-corrected chi connectivity index (χ4v) is 2.47. The van der Waals surface area contributed by atoms with E-state index >= 15 is 0 Å². The molecule has 0 aromatic rings. The Bertz CT molecular complexity index is 256. The van der Waals surface area contributed by atoms with Gasteiger partial charge in [0.15, 0.2) is 0 Å². The largest absolute Gasteiger partial charge is 0.481 e. The summed E-state index contributed by atoms with van der Waals surface area (Å²) in [6.45, 7) is 4.60. The maximum Gasteiger partial charge on any atom is 0.303 e. The van der Waals surface area contributed by atoms with Crippen molar-refractivity contribution in [3.8, 4) is 0 Å². The highest BCUT2D eigenvalue weighted by Crippen LogP contribution is 2.11. The molecule has 0 unspecified atom stereocenters. The Morgan fingerprint density at radius 3 is 1.81 bits per heavy atom. The van der Waals surface area contributed by atoms with Crippen LogP contribution < -0.4 is 0 Å². The van der Waals surface area contributed by atoms with Crippen molar-refractivity contribution in [1.82, 2.24) is 0 Å². The molecule has 0 aromatic heterocycles. The van der Waals surface area contributed by atoms with E-state index in [0.29, 0.717) is 6.42 Å². The van der Waals surface area contributed by atoms with Crippen LogP contribution in [0.4, 0.5) is 0 Å². The van der Waals surface area contributed by atoms with Gasteiger partial charge < -0.3 is 5.11 Å². The van der Waals surface area contributed by atoms with Crippen molar-refractivity contribution in [2.75, 3.05) is 0 Å². The SMILES string of the molecule is CC(C)CCCCCC/C=C\CCCCCCCC(=O)O. The van der Waals surface area contributed by atoms with Crippen molar-refractivity contribution in [3.05, 3.63) is 12.2 Å². The molecule has 0 radical (unpaired) electrons. The zero-order valence-corrected chi connectivity index (χ0v) is 14.3. The first kappa shape index (κ1) is 20.2. The third kappa shape index (κ3) is 19.2. The van der Waals surface area contributed by atoms with Crippen molar-refractivity contribution in [2.45, 2.75) is 97.3 Å². The minimum atomic E-state index is -0.665. The molecule has 2 nitrogen and oxygen atoms in total. The molecule has 0 aromatic carbocycles. The molecular weight excluding hydrogens is 260 g/mol. The maximum absolute atomic E-state index is 10.3. The van der Waals surface area contributed by atoms with Crippen LogP contribution in [0.15, 0.2) is 12.2 Å². The van der Waals surface area contributed by atoms with Gasteiger partial charge in [0.2, 0.25) is 0 Å². The number of carbonyl (C=O) groups is 1. The predicted octanol–water partition coefficient (Wildman–Crippen LogP) is 6.35. The standard InChI is InChI=1S/C19H36O2/c1-18(2)16-14-12-10-8-6-4-3-5-7-9-11-13-15-17-19(20)21/h3-4,18H,5-17H2,1-2H3,(H,20,21)/b4-3-. The minimum Gasteiger partial charge on any atom is -0.481 e. The predicted molar refractivity (Wildman–Crippen MR) is 91.6 cm³/mol. The summed E-state index contributed by atoms with van der Waals surface area (Å²) in [5, 5.41) is 8.52. The summed E-state index contributed by atoms with van der Waals surface area (Å²) in [5.41, 5.74) is 0. The number of unbranched alkanes of at least 4 members (excludes halogenated alkanes) is 9. The van der Waals surface area contributed by atoms with E-state index in [4.69, 9.17) is 5.11 Å². The van der Waals surface area contributed by atoms with Crippen molar-refractivity contribution < 1.29 is 9.90 Å². The summed E-state index contributed by atoms with van der Waals surface area (Å²) in [6.07, 6.45) is 19.8. The first-order valence-electron chi connectivity index (χ1n) is 8.99. The topological polar surface area (TPSA) is 37.3 Å². The fourth-order valence-electron chi connectivity index (χ4n) is 2.47. The highest BCUT2D eigenvalue weighted by Gasteiger charge is 1.96. The Hall–Kier alpha value is -0.790. The van der Waals surface area contributed by atoms with Crippen LogP contribution in [0.25, 0.3) is 0 Å². The molecule has 0 aliphatic heterocycles. The number of aliphatic carboxylic acids is 1. The average molecular weight is 296 g/mol. The van der Waals surface area contributed by atoms with Crippen molar-refractivity contribution >= 4 is 5.97 Å². The number of hydrogen-bond donors (Lipinski definition) is 1. The summed E-state index contributed by atoms with van der Waals surface area (Å²) >= 11 is 0. The fraction of sp³-hybridized carbons (Fsp3) is 0.842. The van der Waals surface area contributed by atoms with Crippen LogP contribution in [0, 0.1) is 5.92 Å². The second kappa shape index (κ2) is 15.6. The van der Waals surface area contributed by atoms with Gasteiger partial charge >= 0.3 is 5.97 Å². The lowest BCUT2D eigenvalue weighted by molar-refractivity contribution is -0.137. The summed E-state index contributed by atoms with van der Waals surface area (Å²) in [5.74, 6) is 0.191. The molecule has 0 spiro atoms. The van der Waals surface area contributed by atoms with Gasteiger partial charge in [-0.2, -0.15) is 0 Å². The van der Waals surface area contributed by atoms with Crippen molar-refractivity contribution in [3.63, 3.8) is 0 Å². The van der Waals surface area contributed by atoms with E-state index in [2.05, 4.69) is 26.0 Å². The van der Waals surface area contributed by atoms with Gasteiger partial charge in [0.05, 0.1) is 0 Å². The summed E-state index contributed by atoms with van der Waals surface area (Å²) in [6, 6.07) is 0. The van der Waals surface area contributed by atoms with E-state index in [0.717, 1.165) is 18.8 Å². The monoisotopic (exact) mass is 296 g/mol. The lowest BCUT2D eigenvalue weighted by Crippen LogP contribution is -1.93. The smallest absolute Gasteiger partial charge is 0.303 e. The summed E-state index contributed by atoms with van der Waals surface area (Å²) in [7, 11) is 0. The first-order valence-corrected chi connectivity index (χ1v) is 8.99. The van der Waals surface area contributed by atoms with Gasteiger partial charge in [0.1, 0.15) is 0 Å². The van der Waals surface area contributed by atoms with Crippen LogP contribution in [0.3, 0.4) is 0 Å². The van der Waals surface area contributed by atoms with Gasteiger partial charge in [-0.05, 0) is 38.0 Å². The molecule has 0 heterocycles. The molecule has 1 N–H and O–H groups in total. The van der Waals surface area contributed by atoms with Gasteiger partial charge in [-0.3, -0.25) is 4.79 Å². The lowest BCUT2D eigenvalue weighted by atomic mass is 10.0. The molecule has 0 saturated heterocycles. The zero-order valence-electron chi connectivity index (χ0n) is 14.3. The Balaban J connectivity index is 3.10. The Kier molecular flexibility index (Phi) is 15.0. The number of carboxylic acids is 1. The van der Waals surface area contributed by atoms with E-state index in [1.165, 1.54) is 64.2 Å². The molecular formula is C19H36O2. The van der Waals surface area contributed by atoms with Crippen molar-refractivity contribution in [1.29, 1.82) is 0 Å². The highest BCUT2D eigenvalue weighted by atomic mass is 16.4. The normalized spacial score (nSPS) is 11.6. The van der Waals surface area contributed by atoms with Crippen LogP contribution in [0.1, 0.15) is 97.3 Å². The molecule has 0 rings (SSSR count). The number of rotatable bonds is 15. The molecule has 21 heavy (non-hydrogen) atoms.